The van der Waals surface area contributed by atoms with Crippen LogP contribution in [0.25, 0.3) is 0 Å². The molecule has 0 spiro atoms. The highest BCUT2D eigenvalue weighted by Gasteiger charge is 2.38. The highest BCUT2D eigenvalue weighted by molar-refractivity contribution is 6.00. The van der Waals surface area contributed by atoms with Gasteiger partial charge in [-0.1, -0.05) is 39.0 Å². The number of hydrogen-bond donors (Lipinski definition) is 6. The Labute approximate surface area is 227 Å². The zero-order valence-corrected chi connectivity index (χ0v) is 22.5. The molecule has 4 amide bonds. The van der Waals surface area contributed by atoms with Gasteiger partial charge in [0.1, 0.15) is 17.8 Å². The van der Waals surface area contributed by atoms with Crippen molar-refractivity contribution >= 4 is 23.6 Å². The Morgan fingerprint density at radius 3 is 2.36 bits per heavy atom. The zero-order valence-electron chi connectivity index (χ0n) is 22.5. The van der Waals surface area contributed by atoms with Crippen LogP contribution in [0.1, 0.15) is 50.0 Å². The Morgan fingerprint density at radius 1 is 1.00 bits per heavy atom. The maximum atomic E-state index is 13.6. The van der Waals surface area contributed by atoms with E-state index in [0.717, 1.165) is 5.56 Å². The summed E-state index contributed by atoms with van der Waals surface area (Å²) in [7, 11) is 0. The van der Waals surface area contributed by atoms with E-state index in [1.807, 2.05) is 13.8 Å². The molecule has 1 unspecified atom stereocenters. The number of phenolic OH excluding ortho intramolecular Hbond substituents is 1. The van der Waals surface area contributed by atoms with Crippen LogP contribution in [0.5, 0.6) is 5.75 Å². The van der Waals surface area contributed by atoms with Crippen molar-refractivity contribution in [3.05, 3.63) is 59.9 Å². The molecule has 1 aromatic carbocycles. The van der Waals surface area contributed by atoms with Gasteiger partial charge in [0.2, 0.25) is 17.7 Å². The molecule has 11 heteroatoms. The molecular formula is C28H37N5O6. The maximum Gasteiger partial charge on any atom is 0.255 e. The van der Waals surface area contributed by atoms with Crippen LogP contribution in [0.2, 0.25) is 0 Å². The van der Waals surface area contributed by atoms with Crippen molar-refractivity contribution in [2.45, 2.75) is 70.8 Å². The van der Waals surface area contributed by atoms with Gasteiger partial charge in [0, 0.05) is 12.4 Å². The maximum absolute atomic E-state index is 13.6. The fourth-order valence-corrected chi connectivity index (χ4v) is 4.52. The summed E-state index contributed by atoms with van der Waals surface area (Å²) in [5.74, 6) is -3.61. The highest BCUT2D eigenvalue weighted by atomic mass is 16.3. The van der Waals surface area contributed by atoms with Gasteiger partial charge in [0.15, 0.2) is 0 Å². The predicted molar refractivity (Wildman–Crippen MR) is 143 cm³/mol. The van der Waals surface area contributed by atoms with Crippen molar-refractivity contribution in [1.29, 1.82) is 0 Å². The van der Waals surface area contributed by atoms with E-state index in [0.29, 0.717) is 6.42 Å². The molecule has 11 nitrogen and oxygen atoms in total. The van der Waals surface area contributed by atoms with E-state index in [9.17, 15) is 29.4 Å². The van der Waals surface area contributed by atoms with E-state index < -0.39 is 59.8 Å². The summed E-state index contributed by atoms with van der Waals surface area (Å²) in [5, 5.41) is 32.3. The zero-order chi connectivity index (χ0) is 28.7. The normalized spacial score (nSPS) is 26.5. The number of para-hydroxylation sites is 1. The molecule has 0 bridgehead atoms. The van der Waals surface area contributed by atoms with Crippen LogP contribution in [0, 0.1) is 11.8 Å². The van der Waals surface area contributed by atoms with Gasteiger partial charge in [-0.15, -0.1) is 0 Å². The van der Waals surface area contributed by atoms with Crippen LogP contribution < -0.4 is 21.3 Å². The number of phenols is 1. The molecule has 3 rings (SSSR count). The average molecular weight is 540 g/mol. The van der Waals surface area contributed by atoms with E-state index in [-0.39, 0.29) is 23.7 Å². The second-order valence-corrected chi connectivity index (χ2v) is 10.4. The molecule has 0 radical (unpaired) electrons. The van der Waals surface area contributed by atoms with Gasteiger partial charge in [-0.2, -0.15) is 0 Å². The van der Waals surface area contributed by atoms with Crippen molar-refractivity contribution < 1.29 is 29.4 Å². The second kappa shape index (κ2) is 13.2. The fourth-order valence-electron chi connectivity index (χ4n) is 4.52. The molecule has 1 aromatic heterocycles. The van der Waals surface area contributed by atoms with Gasteiger partial charge in [-0.3, -0.25) is 24.2 Å². The number of amides is 4. The molecule has 1 fully saturated rings. The Kier molecular flexibility index (Phi) is 10.00. The van der Waals surface area contributed by atoms with Crippen LogP contribution in [0.15, 0.2) is 48.8 Å². The summed E-state index contributed by atoms with van der Waals surface area (Å²) in [6.07, 6.45) is 2.36. The molecule has 1 aliphatic rings. The van der Waals surface area contributed by atoms with Gasteiger partial charge in [-0.25, -0.2) is 0 Å². The number of aliphatic hydroxyl groups excluding tert-OH is 1. The van der Waals surface area contributed by atoms with E-state index in [1.54, 1.807) is 43.6 Å². The smallest absolute Gasteiger partial charge is 0.255 e. The van der Waals surface area contributed by atoms with Crippen LogP contribution >= 0.6 is 0 Å². The molecule has 0 aliphatic carbocycles. The Hall–Kier alpha value is -3.99. The summed E-state index contributed by atoms with van der Waals surface area (Å²) in [4.78, 5) is 57.0. The number of nitrogens with one attached hydrogen (secondary N) is 4. The first-order valence-corrected chi connectivity index (χ1v) is 13.0. The number of aromatic hydroxyl groups is 1. The number of nitrogens with zero attached hydrogens (tertiary/aromatic N) is 1. The molecule has 1 saturated heterocycles. The number of rotatable bonds is 6. The number of aromatic nitrogens is 1. The van der Waals surface area contributed by atoms with Gasteiger partial charge >= 0.3 is 0 Å². The quantitative estimate of drug-likeness (QED) is 0.313. The molecule has 6 atom stereocenters. The number of benzene rings is 1. The first-order chi connectivity index (χ1) is 18.5. The van der Waals surface area contributed by atoms with Crippen LogP contribution in [0.3, 0.4) is 0 Å². The van der Waals surface area contributed by atoms with Crippen molar-refractivity contribution in [1.82, 2.24) is 26.3 Å². The minimum Gasteiger partial charge on any atom is -0.507 e. The van der Waals surface area contributed by atoms with E-state index in [4.69, 9.17) is 0 Å². The third-order valence-corrected chi connectivity index (χ3v) is 6.77. The Bertz CT molecular complexity index is 1170. The number of aliphatic hydroxyl groups is 1. The van der Waals surface area contributed by atoms with Crippen molar-refractivity contribution in [3.63, 3.8) is 0 Å². The van der Waals surface area contributed by atoms with E-state index in [2.05, 4.69) is 26.3 Å². The molecule has 2 heterocycles. The largest absolute Gasteiger partial charge is 0.507 e. The number of pyridine rings is 1. The minimum atomic E-state index is -1.32. The predicted octanol–water partition coefficient (Wildman–Crippen LogP) is 0.659. The van der Waals surface area contributed by atoms with Crippen molar-refractivity contribution in [2.24, 2.45) is 11.8 Å². The third kappa shape index (κ3) is 7.76. The average Bonchev–Trinajstić information content (AvgIpc) is 2.89. The lowest BCUT2D eigenvalue weighted by atomic mass is 9.91. The third-order valence-electron chi connectivity index (χ3n) is 6.77. The Morgan fingerprint density at radius 2 is 1.72 bits per heavy atom. The number of carbonyl (C=O) groups is 4. The van der Waals surface area contributed by atoms with E-state index in [1.165, 1.54) is 19.1 Å². The van der Waals surface area contributed by atoms with Crippen molar-refractivity contribution in [3.8, 4) is 5.75 Å². The fraction of sp³-hybridized carbons (Fsp3) is 0.464. The lowest BCUT2D eigenvalue weighted by Crippen LogP contribution is -2.64. The number of carbonyl (C=O) groups excluding carboxylic acids is 4. The summed E-state index contributed by atoms with van der Waals surface area (Å²) in [6, 6.07) is 5.38. The highest BCUT2D eigenvalue weighted by Crippen LogP contribution is 2.18. The lowest BCUT2D eigenvalue weighted by Gasteiger charge is -2.34. The van der Waals surface area contributed by atoms with Crippen LogP contribution in [-0.4, -0.2) is 69.1 Å². The SMILES string of the molecule is CC(C)CC1NC(=O)[C@H](C)[C@H](O)[C@H](Cc2cccnc2)NC(=O)[C@@H](NC(=O)c2ccccc2O)[C@@H](C)NC1=O. The lowest BCUT2D eigenvalue weighted by molar-refractivity contribution is -0.136. The first-order valence-electron chi connectivity index (χ1n) is 13.0. The molecule has 210 valence electrons. The minimum absolute atomic E-state index is 0.0412. The molecule has 1 aliphatic heterocycles. The second-order valence-electron chi connectivity index (χ2n) is 10.4. The van der Waals surface area contributed by atoms with Crippen LogP contribution in [0.4, 0.5) is 0 Å². The standard InChI is InChI=1S/C28H37N5O6/c1-15(2)12-21-27(38)30-17(4)23(33-26(37)19-9-5-6-10-22(19)34)28(39)31-20(13-18-8-7-11-29-14-18)24(35)16(3)25(36)32-21/h5-11,14-17,20-21,23-24,34-35H,12-13H2,1-4H3,(H,30,38)(H,31,39)(H,32,36)(H,33,37)/t16-,17-,20+,21?,23+,24+/m1/s1. The Balaban J connectivity index is 1.99. The van der Waals surface area contributed by atoms with Gasteiger partial charge in [-0.05, 0) is 49.4 Å². The monoisotopic (exact) mass is 539 g/mol. The van der Waals surface area contributed by atoms with Crippen LogP contribution in [-0.2, 0) is 20.8 Å². The summed E-state index contributed by atoms with van der Waals surface area (Å²) in [5.41, 5.74) is 0.677. The van der Waals surface area contributed by atoms with Gasteiger partial charge < -0.3 is 31.5 Å². The van der Waals surface area contributed by atoms with Gasteiger partial charge in [0.25, 0.3) is 5.91 Å². The van der Waals surface area contributed by atoms with E-state index >= 15 is 0 Å². The molecule has 2 aromatic rings. The van der Waals surface area contributed by atoms with Gasteiger partial charge in [0.05, 0.1) is 29.7 Å². The first kappa shape index (κ1) is 29.6. The van der Waals surface area contributed by atoms with Crippen molar-refractivity contribution in [2.75, 3.05) is 0 Å². The molecular weight excluding hydrogens is 502 g/mol. The summed E-state index contributed by atoms with van der Waals surface area (Å²) >= 11 is 0. The molecule has 39 heavy (non-hydrogen) atoms. The topological polar surface area (TPSA) is 170 Å². The molecule has 0 saturated carbocycles. The summed E-state index contributed by atoms with van der Waals surface area (Å²) in [6.45, 7) is 6.90. The molecule has 6 N–H and O–H groups in total. The number of hydrogen-bond acceptors (Lipinski definition) is 7. The summed E-state index contributed by atoms with van der Waals surface area (Å²) < 4.78 is 0.